The quantitative estimate of drug-likeness (QED) is 0.565. The lowest BCUT2D eigenvalue weighted by Crippen LogP contribution is -2.34. The maximum absolute atomic E-state index is 12.7. The summed E-state index contributed by atoms with van der Waals surface area (Å²) in [5.41, 5.74) is 3.39. The van der Waals surface area contributed by atoms with E-state index in [4.69, 9.17) is 0 Å². The van der Waals surface area contributed by atoms with Crippen LogP contribution >= 0.6 is 0 Å². The summed E-state index contributed by atoms with van der Waals surface area (Å²) in [6, 6.07) is 8.03. The van der Waals surface area contributed by atoms with E-state index in [1.54, 1.807) is 0 Å². The van der Waals surface area contributed by atoms with E-state index in [1.807, 2.05) is 39.0 Å². The molecule has 0 aliphatic rings. The highest BCUT2D eigenvalue weighted by Crippen LogP contribution is 2.27. The highest BCUT2D eigenvalue weighted by atomic mass is 16.2. The molecule has 120 valence electrons. The van der Waals surface area contributed by atoms with E-state index >= 15 is 0 Å². The Morgan fingerprint density at radius 1 is 1.04 bits per heavy atom. The van der Waals surface area contributed by atoms with Crippen molar-refractivity contribution in [2.45, 2.75) is 20.8 Å². The third-order valence-corrected chi connectivity index (χ3v) is 4.58. The minimum absolute atomic E-state index is 0.270. The van der Waals surface area contributed by atoms with Crippen LogP contribution in [0.4, 0.5) is 0 Å². The minimum atomic E-state index is -0.492. The number of hydrogen-bond acceptors (Lipinski definition) is 3. The van der Waals surface area contributed by atoms with Crippen LogP contribution in [0.5, 0.6) is 0 Å². The van der Waals surface area contributed by atoms with Crippen molar-refractivity contribution in [1.82, 2.24) is 19.5 Å². The molecular formula is C18H16N4O2. The van der Waals surface area contributed by atoms with E-state index < -0.39 is 11.2 Å². The standard InChI is InChI=1S/C18H16N4O2/c1-9-4-5-12-7-14(11(3)10(2)13(12)6-9)22-17(23)15-16(20-8-19-15)21-18(22)24/h4-8H,1-3H3,(H,19,20)(H,21,24). The van der Waals surface area contributed by atoms with E-state index in [-0.39, 0.29) is 11.2 Å². The van der Waals surface area contributed by atoms with Gasteiger partial charge in [0, 0.05) is 0 Å². The molecule has 24 heavy (non-hydrogen) atoms. The topological polar surface area (TPSA) is 83.5 Å². The molecule has 0 aliphatic heterocycles. The average molecular weight is 320 g/mol. The number of aromatic nitrogens is 4. The molecule has 0 atom stereocenters. The first-order valence-corrected chi connectivity index (χ1v) is 7.66. The Kier molecular flexibility index (Phi) is 2.96. The van der Waals surface area contributed by atoms with E-state index in [1.165, 1.54) is 16.5 Å². The molecule has 4 rings (SSSR count). The number of hydrogen-bond donors (Lipinski definition) is 2. The highest BCUT2D eigenvalue weighted by molar-refractivity contribution is 5.89. The second-order valence-electron chi connectivity index (χ2n) is 6.07. The third-order valence-electron chi connectivity index (χ3n) is 4.58. The molecule has 2 heterocycles. The predicted molar refractivity (Wildman–Crippen MR) is 94.0 cm³/mol. The number of nitrogens with zero attached hydrogens (tertiary/aromatic N) is 2. The highest BCUT2D eigenvalue weighted by Gasteiger charge is 2.15. The molecule has 4 aromatic rings. The number of rotatable bonds is 1. The molecule has 0 saturated heterocycles. The molecule has 0 fully saturated rings. The van der Waals surface area contributed by atoms with Crippen molar-refractivity contribution >= 4 is 21.9 Å². The fourth-order valence-corrected chi connectivity index (χ4v) is 3.13. The van der Waals surface area contributed by atoms with Gasteiger partial charge in [0.1, 0.15) is 5.52 Å². The van der Waals surface area contributed by atoms with Crippen molar-refractivity contribution < 1.29 is 0 Å². The smallest absolute Gasteiger partial charge is 0.334 e. The van der Waals surface area contributed by atoms with Crippen LogP contribution < -0.4 is 11.2 Å². The van der Waals surface area contributed by atoms with Gasteiger partial charge in [-0.3, -0.25) is 9.78 Å². The van der Waals surface area contributed by atoms with Gasteiger partial charge in [-0.25, -0.2) is 14.3 Å². The van der Waals surface area contributed by atoms with Crippen LogP contribution in [0.1, 0.15) is 16.7 Å². The van der Waals surface area contributed by atoms with Gasteiger partial charge in [-0.1, -0.05) is 23.8 Å². The van der Waals surface area contributed by atoms with Crippen LogP contribution in [0.3, 0.4) is 0 Å². The van der Waals surface area contributed by atoms with E-state index in [9.17, 15) is 9.59 Å². The van der Waals surface area contributed by atoms with Crippen molar-refractivity contribution in [3.05, 3.63) is 68.1 Å². The fourth-order valence-electron chi connectivity index (χ4n) is 3.13. The van der Waals surface area contributed by atoms with E-state index in [0.717, 1.165) is 21.9 Å². The lowest BCUT2D eigenvalue weighted by Gasteiger charge is -2.14. The van der Waals surface area contributed by atoms with Gasteiger partial charge in [0.15, 0.2) is 5.65 Å². The van der Waals surface area contributed by atoms with Crippen LogP contribution in [0.15, 0.2) is 40.2 Å². The number of imidazole rings is 1. The zero-order valence-corrected chi connectivity index (χ0v) is 13.6. The van der Waals surface area contributed by atoms with E-state index in [2.05, 4.69) is 21.0 Å². The van der Waals surface area contributed by atoms with Crippen LogP contribution in [0.25, 0.3) is 27.6 Å². The predicted octanol–water partition coefficient (Wildman–Crippen LogP) is 2.48. The largest absolute Gasteiger partial charge is 0.339 e. The normalized spacial score (nSPS) is 11.5. The van der Waals surface area contributed by atoms with Gasteiger partial charge in [-0.15, -0.1) is 0 Å². The molecule has 0 unspecified atom stereocenters. The Labute approximate surface area is 136 Å². The first-order valence-electron chi connectivity index (χ1n) is 7.66. The molecule has 2 N–H and O–H groups in total. The summed E-state index contributed by atoms with van der Waals surface area (Å²) < 4.78 is 1.17. The van der Waals surface area contributed by atoms with Gasteiger partial charge in [-0.2, -0.15) is 0 Å². The summed E-state index contributed by atoms with van der Waals surface area (Å²) in [6.45, 7) is 5.98. The third kappa shape index (κ3) is 1.93. The molecule has 2 aromatic carbocycles. The van der Waals surface area contributed by atoms with Gasteiger partial charge in [0.05, 0.1) is 12.0 Å². The summed E-state index contributed by atoms with van der Waals surface area (Å²) in [6.07, 6.45) is 1.40. The summed E-state index contributed by atoms with van der Waals surface area (Å²) in [5, 5.41) is 2.12. The average Bonchev–Trinajstić information content (AvgIpc) is 3.01. The van der Waals surface area contributed by atoms with Gasteiger partial charge in [0.2, 0.25) is 0 Å². The number of aromatic amines is 2. The zero-order valence-electron chi connectivity index (χ0n) is 13.6. The summed E-state index contributed by atoms with van der Waals surface area (Å²) in [4.78, 5) is 34.6. The minimum Gasteiger partial charge on any atom is -0.339 e. The maximum Gasteiger partial charge on any atom is 0.334 e. The number of H-pyrrole nitrogens is 2. The summed E-state index contributed by atoms with van der Waals surface area (Å²) >= 11 is 0. The van der Waals surface area contributed by atoms with Gasteiger partial charge < -0.3 is 4.98 Å². The van der Waals surface area contributed by atoms with Crippen LogP contribution in [-0.2, 0) is 0 Å². The molecule has 0 aliphatic carbocycles. The van der Waals surface area contributed by atoms with Crippen LogP contribution in [0, 0.1) is 20.8 Å². The molecule has 0 bridgehead atoms. The zero-order chi connectivity index (χ0) is 17.0. The molecule has 0 spiro atoms. The Hall–Kier alpha value is -3.15. The first-order chi connectivity index (χ1) is 11.5. The number of nitrogens with one attached hydrogen (secondary N) is 2. The van der Waals surface area contributed by atoms with Gasteiger partial charge >= 0.3 is 5.69 Å². The van der Waals surface area contributed by atoms with Crippen molar-refractivity contribution in [3.8, 4) is 5.69 Å². The van der Waals surface area contributed by atoms with Crippen molar-refractivity contribution in [3.63, 3.8) is 0 Å². The lowest BCUT2D eigenvalue weighted by molar-refractivity contribution is 0.888. The Morgan fingerprint density at radius 3 is 2.62 bits per heavy atom. The van der Waals surface area contributed by atoms with Crippen molar-refractivity contribution in [2.24, 2.45) is 0 Å². The Bertz CT molecular complexity index is 1230. The maximum atomic E-state index is 12.7. The first kappa shape index (κ1) is 14.4. The molecule has 6 heteroatoms. The number of fused-ring (bicyclic) bond motifs is 2. The molecular weight excluding hydrogens is 304 g/mol. The van der Waals surface area contributed by atoms with E-state index in [0.29, 0.717) is 5.69 Å². The van der Waals surface area contributed by atoms with Gasteiger partial charge in [-0.05, 0) is 48.7 Å². The second-order valence-corrected chi connectivity index (χ2v) is 6.07. The Balaban J connectivity index is 2.15. The molecule has 2 aromatic heterocycles. The van der Waals surface area contributed by atoms with Crippen molar-refractivity contribution in [2.75, 3.05) is 0 Å². The van der Waals surface area contributed by atoms with Gasteiger partial charge in [0.25, 0.3) is 5.56 Å². The summed E-state index contributed by atoms with van der Waals surface area (Å²) in [5.74, 6) is 0. The van der Waals surface area contributed by atoms with Crippen LogP contribution in [-0.4, -0.2) is 19.5 Å². The monoisotopic (exact) mass is 320 g/mol. The number of aryl methyl sites for hydroxylation is 2. The molecule has 0 amide bonds. The second kappa shape index (κ2) is 4.92. The number of benzene rings is 2. The fraction of sp³-hybridized carbons (Fsp3) is 0.167. The Morgan fingerprint density at radius 2 is 1.83 bits per heavy atom. The molecule has 0 radical (unpaired) electrons. The van der Waals surface area contributed by atoms with Crippen molar-refractivity contribution in [1.29, 1.82) is 0 Å². The lowest BCUT2D eigenvalue weighted by atomic mass is 9.97. The molecule has 6 nitrogen and oxygen atoms in total. The SMILES string of the molecule is Cc1ccc2cc(-n3c(=O)[nH]c4nc[nH]c4c3=O)c(C)c(C)c2c1. The van der Waals surface area contributed by atoms with Crippen LogP contribution in [0.2, 0.25) is 0 Å². The summed E-state index contributed by atoms with van der Waals surface area (Å²) in [7, 11) is 0. The molecule has 0 saturated carbocycles.